The van der Waals surface area contributed by atoms with Crippen molar-refractivity contribution in [1.29, 1.82) is 0 Å². The van der Waals surface area contributed by atoms with E-state index >= 15 is 0 Å². The van der Waals surface area contributed by atoms with E-state index in [-0.39, 0.29) is 0 Å². The first-order valence-electron chi connectivity index (χ1n) is 5.16. The molecule has 0 aromatic carbocycles. The van der Waals surface area contributed by atoms with Crippen molar-refractivity contribution in [3.05, 3.63) is 17.5 Å². The van der Waals surface area contributed by atoms with Crippen LogP contribution in [0.2, 0.25) is 0 Å². The molecule has 0 spiro atoms. The van der Waals surface area contributed by atoms with Crippen LogP contribution >= 0.6 is 0 Å². The van der Waals surface area contributed by atoms with Gasteiger partial charge in [-0.15, -0.1) is 0 Å². The third-order valence-corrected chi connectivity index (χ3v) is 2.35. The van der Waals surface area contributed by atoms with Gasteiger partial charge in [0, 0.05) is 18.3 Å². The number of hydrogen-bond donors (Lipinski definition) is 3. The molecule has 2 atom stereocenters. The van der Waals surface area contributed by atoms with Gasteiger partial charge in [0.2, 0.25) is 5.91 Å². The van der Waals surface area contributed by atoms with Crippen molar-refractivity contribution in [2.75, 3.05) is 0 Å². The first-order chi connectivity index (χ1) is 7.47. The molecular formula is C10H17N3O3. The summed E-state index contributed by atoms with van der Waals surface area (Å²) < 4.78 is 1.67. The maximum absolute atomic E-state index is 10.7. The molecular weight excluding hydrogens is 210 g/mol. The Hall–Kier alpha value is -1.40. The minimum atomic E-state index is -1.60. The summed E-state index contributed by atoms with van der Waals surface area (Å²) in [5.74, 6) is -0.949. The summed E-state index contributed by atoms with van der Waals surface area (Å²) >= 11 is 0. The average molecular weight is 227 g/mol. The van der Waals surface area contributed by atoms with Gasteiger partial charge in [-0.25, -0.2) is 0 Å². The van der Waals surface area contributed by atoms with Crippen molar-refractivity contribution in [2.24, 2.45) is 5.73 Å². The second-order valence-corrected chi connectivity index (χ2v) is 3.72. The molecule has 0 radical (unpaired) electrons. The summed E-state index contributed by atoms with van der Waals surface area (Å²) in [6, 6.07) is 0. The monoisotopic (exact) mass is 227 g/mol. The van der Waals surface area contributed by atoms with Crippen molar-refractivity contribution >= 4 is 5.91 Å². The largest absolute Gasteiger partial charge is 0.385 e. The van der Waals surface area contributed by atoms with Gasteiger partial charge in [-0.05, 0) is 13.3 Å². The Morgan fingerprint density at radius 2 is 2.25 bits per heavy atom. The lowest BCUT2D eigenvalue weighted by Crippen LogP contribution is -2.34. The lowest BCUT2D eigenvalue weighted by atomic mass is 10.1. The lowest BCUT2D eigenvalue weighted by Gasteiger charge is -2.13. The molecule has 6 heteroatoms. The normalized spacial score (nSPS) is 14.8. The van der Waals surface area contributed by atoms with Crippen LogP contribution in [0, 0.1) is 6.92 Å². The van der Waals surface area contributed by atoms with Crippen LogP contribution in [0.5, 0.6) is 0 Å². The molecule has 4 N–H and O–H groups in total. The molecule has 1 aromatic rings. The van der Waals surface area contributed by atoms with Crippen molar-refractivity contribution < 1.29 is 15.0 Å². The lowest BCUT2D eigenvalue weighted by molar-refractivity contribution is -0.132. The minimum absolute atomic E-state index is 0.430. The number of carbonyl (C=O) groups is 1. The quantitative estimate of drug-likeness (QED) is 0.630. The molecule has 1 aromatic heterocycles. The molecule has 0 bridgehead atoms. The van der Waals surface area contributed by atoms with Crippen molar-refractivity contribution in [3.8, 4) is 0 Å². The Kier molecular flexibility index (Phi) is 4.03. The fraction of sp³-hybridized carbons (Fsp3) is 0.600. The first-order valence-corrected chi connectivity index (χ1v) is 5.16. The van der Waals surface area contributed by atoms with Gasteiger partial charge in [0.1, 0.15) is 6.10 Å². The highest BCUT2D eigenvalue weighted by Gasteiger charge is 2.26. The smallest absolute Gasteiger partial charge is 0.249 e. The fourth-order valence-corrected chi connectivity index (χ4v) is 1.49. The van der Waals surface area contributed by atoms with E-state index in [0.29, 0.717) is 11.3 Å². The van der Waals surface area contributed by atoms with Crippen LogP contribution in [0.15, 0.2) is 6.20 Å². The van der Waals surface area contributed by atoms with Crippen molar-refractivity contribution in [2.45, 2.75) is 39.0 Å². The predicted octanol–water partition coefficient (Wildman–Crippen LogP) is -0.519. The number of rotatable bonds is 5. The van der Waals surface area contributed by atoms with Gasteiger partial charge in [-0.3, -0.25) is 9.48 Å². The average Bonchev–Trinajstić information content (AvgIpc) is 2.58. The van der Waals surface area contributed by atoms with E-state index in [9.17, 15) is 15.0 Å². The van der Waals surface area contributed by atoms with Crippen molar-refractivity contribution in [3.63, 3.8) is 0 Å². The Bertz CT molecular complexity index is 375. The van der Waals surface area contributed by atoms with E-state index in [0.717, 1.165) is 13.0 Å². The zero-order valence-corrected chi connectivity index (χ0v) is 9.42. The van der Waals surface area contributed by atoms with Crippen LogP contribution in [0.3, 0.4) is 0 Å². The number of nitrogens with two attached hydrogens (primary N) is 1. The predicted molar refractivity (Wildman–Crippen MR) is 57.4 cm³/mol. The number of carbonyl (C=O) groups excluding carboxylic acids is 1. The Morgan fingerprint density at radius 3 is 2.75 bits per heavy atom. The van der Waals surface area contributed by atoms with Gasteiger partial charge in [0.25, 0.3) is 0 Å². The molecule has 6 nitrogen and oxygen atoms in total. The molecule has 0 saturated heterocycles. The van der Waals surface area contributed by atoms with Crippen LogP contribution < -0.4 is 5.73 Å². The van der Waals surface area contributed by atoms with Crippen LogP contribution in [-0.4, -0.2) is 32.0 Å². The summed E-state index contributed by atoms with van der Waals surface area (Å²) in [6.45, 7) is 4.43. The minimum Gasteiger partial charge on any atom is -0.385 e. The molecule has 0 saturated carbocycles. The van der Waals surface area contributed by atoms with E-state index in [1.165, 1.54) is 0 Å². The van der Waals surface area contributed by atoms with Gasteiger partial charge in [0.15, 0.2) is 6.10 Å². The topological polar surface area (TPSA) is 101 Å². The number of aliphatic hydroxyl groups excluding tert-OH is 2. The highest BCUT2D eigenvalue weighted by atomic mass is 16.3. The van der Waals surface area contributed by atoms with Gasteiger partial charge in [0.05, 0.1) is 5.69 Å². The number of aryl methyl sites for hydroxylation is 2. The molecule has 0 fully saturated rings. The highest BCUT2D eigenvalue weighted by molar-refractivity contribution is 5.79. The van der Waals surface area contributed by atoms with E-state index in [4.69, 9.17) is 5.73 Å². The molecule has 16 heavy (non-hydrogen) atoms. The number of nitrogens with zero attached hydrogens (tertiary/aromatic N) is 2. The SMILES string of the molecule is CCCn1cc(C(O)C(O)C(N)=O)c(C)n1. The standard InChI is InChI=1S/C10H17N3O3/c1-3-4-13-5-7(6(2)12-13)8(14)9(15)10(11)16/h5,8-9,14-15H,3-4H2,1-2H3,(H2,11,16). The maximum atomic E-state index is 10.7. The highest BCUT2D eigenvalue weighted by Crippen LogP contribution is 2.19. The molecule has 1 rings (SSSR count). The summed E-state index contributed by atoms with van der Waals surface area (Å²) in [4.78, 5) is 10.7. The van der Waals surface area contributed by atoms with Crippen LogP contribution in [0.4, 0.5) is 0 Å². The Labute approximate surface area is 93.7 Å². The number of hydrogen-bond acceptors (Lipinski definition) is 4. The summed E-state index contributed by atoms with van der Waals surface area (Å²) in [5.41, 5.74) is 5.93. The van der Waals surface area contributed by atoms with Gasteiger partial charge in [-0.2, -0.15) is 5.10 Å². The summed E-state index contributed by atoms with van der Waals surface area (Å²) in [6.07, 6.45) is -0.383. The first kappa shape index (κ1) is 12.7. The second-order valence-electron chi connectivity index (χ2n) is 3.72. The van der Waals surface area contributed by atoms with Crippen molar-refractivity contribution in [1.82, 2.24) is 9.78 Å². The Balaban J connectivity index is 2.90. The van der Waals surface area contributed by atoms with E-state index in [1.54, 1.807) is 17.8 Å². The van der Waals surface area contributed by atoms with Gasteiger partial charge in [-0.1, -0.05) is 6.92 Å². The van der Waals surface area contributed by atoms with E-state index in [1.807, 2.05) is 6.92 Å². The molecule has 90 valence electrons. The molecule has 0 aliphatic carbocycles. The molecule has 0 aliphatic heterocycles. The summed E-state index contributed by atoms with van der Waals surface area (Å²) in [5, 5.41) is 23.2. The number of aliphatic hydroxyl groups is 2. The third kappa shape index (κ3) is 2.59. The van der Waals surface area contributed by atoms with E-state index < -0.39 is 18.1 Å². The van der Waals surface area contributed by atoms with Crippen LogP contribution in [0.25, 0.3) is 0 Å². The molecule has 1 amide bonds. The van der Waals surface area contributed by atoms with Gasteiger partial charge >= 0.3 is 0 Å². The molecule has 2 unspecified atom stereocenters. The maximum Gasteiger partial charge on any atom is 0.249 e. The summed E-state index contributed by atoms with van der Waals surface area (Å²) in [7, 11) is 0. The third-order valence-electron chi connectivity index (χ3n) is 2.35. The molecule has 0 aliphatic rings. The van der Waals surface area contributed by atoms with Crippen LogP contribution in [-0.2, 0) is 11.3 Å². The second kappa shape index (κ2) is 5.09. The number of primary amides is 1. The zero-order chi connectivity index (χ0) is 12.3. The van der Waals surface area contributed by atoms with Gasteiger partial charge < -0.3 is 15.9 Å². The number of amides is 1. The van der Waals surface area contributed by atoms with E-state index in [2.05, 4.69) is 5.10 Å². The van der Waals surface area contributed by atoms with Crippen LogP contribution in [0.1, 0.15) is 30.7 Å². The molecule has 1 heterocycles. The number of aromatic nitrogens is 2. The zero-order valence-electron chi connectivity index (χ0n) is 9.42. The fourth-order valence-electron chi connectivity index (χ4n) is 1.49. The Morgan fingerprint density at radius 1 is 1.62 bits per heavy atom.